The Morgan fingerprint density at radius 2 is 2.22 bits per heavy atom. The molecule has 2 N–H and O–H groups in total. The second-order valence-corrected chi connectivity index (χ2v) is 4.83. The van der Waals surface area contributed by atoms with E-state index in [2.05, 4.69) is 11.4 Å². The number of aryl methyl sites for hydroxylation is 1. The number of carbonyl (C=O) groups is 1. The van der Waals surface area contributed by atoms with Crippen LogP contribution in [0.1, 0.15) is 37.7 Å². The fourth-order valence-electron chi connectivity index (χ4n) is 2.25. The molecule has 0 spiro atoms. The van der Waals surface area contributed by atoms with Crippen LogP contribution in [0.15, 0.2) is 29.8 Å². The highest BCUT2D eigenvalue weighted by molar-refractivity contribution is 5.93. The fourth-order valence-corrected chi connectivity index (χ4v) is 2.25. The maximum atomic E-state index is 11.9. The molecule has 0 bridgehead atoms. The number of anilines is 1. The van der Waals surface area contributed by atoms with Crippen molar-refractivity contribution in [3.8, 4) is 5.75 Å². The molecule has 18 heavy (non-hydrogen) atoms. The molecule has 0 atom stereocenters. The summed E-state index contributed by atoms with van der Waals surface area (Å²) in [6, 6.07) is 4.97. The van der Waals surface area contributed by atoms with Gasteiger partial charge < -0.3 is 10.4 Å². The number of amides is 1. The number of allylic oxidation sites excluding steroid dienone is 1. The van der Waals surface area contributed by atoms with E-state index in [9.17, 15) is 9.90 Å². The number of nitrogens with one attached hydrogen (secondary N) is 1. The van der Waals surface area contributed by atoms with Gasteiger partial charge in [-0.25, -0.2) is 0 Å². The van der Waals surface area contributed by atoms with E-state index in [1.807, 2.05) is 6.92 Å². The average molecular weight is 245 g/mol. The minimum absolute atomic E-state index is 0.0249. The molecule has 0 heterocycles. The molecule has 1 aliphatic carbocycles. The molecule has 3 nitrogen and oxygen atoms in total. The van der Waals surface area contributed by atoms with Crippen molar-refractivity contribution in [2.24, 2.45) is 0 Å². The zero-order chi connectivity index (χ0) is 13.0. The Kier molecular flexibility index (Phi) is 4.03. The summed E-state index contributed by atoms with van der Waals surface area (Å²) in [5, 5.41) is 12.2. The first kappa shape index (κ1) is 12.7. The molecule has 0 saturated heterocycles. The Hall–Kier alpha value is -1.77. The molecule has 0 radical (unpaired) electrons. The minimum Gasteiger partial charge on any atom is -0.508 e. The normalized spacial score (nSPS) is 15.1. The van der Waals surface area contributed by atoms with Gasteiger partial charge in [-0.05, 0) is 56.4 Å². The van der Waals surface area contributed by atoms with Crippen LogP contribution in [0, 0.1) is 6.92 Å². The van der Waals surface area contributed by atoms with E-state index in [0.717, 1.165) is 24.1 Å². The van der Waals surface area contributed by atoms with Crippen molar-refractivity contribution in [2.75, 3.05) is 5.32 Å². The molecule has 0 aromatic heterocycles. The third-order valence-corrected chi connectivity index (χ3v) is 3.26. The molecule has 2 rings (SSSR count). The summed E-state index contributed by atoms with van der Waals surface area (Å²) in [6.45, 7) is 1.87. The first-order valence-electron chi connectivity index (χ1n) is 6.42. The van der Waals surface area contributed by atoms with Crippen molar-refractivity contribution in [3.63, 3.8) is 0 Å². The smallest absolute Gasteiger partial charge is 0.228 e. The van der Waals surface area contributed by atoms with Crippen molar-refractivity contribution >= 4 is 11.6 Å². The molecule has 0 fully saturated rings. The van der Waals surface area contributed by atoms with E-state index in [1.54, 1.807) is 18.2 Å². The Morgan fingerprint density at radius 3 is 2.89 bits per heavy atom. The van der Waals surface area contributed by atoms with E-state index in [4.69, 9.17) is 0 Å². The number of phenolic OH excluding ortho intramolecular Hbond substituents is 1. The van der Waals surface area contributed by atoms with Crippen LogP contribution in [-0.4, -0.2) is 11.0 Å². The zero-order valence-corrected chi connectivity index (χ0v) is 10.7. The van der Waals surface area contributed by atoms with Gasteiger partial charge in [-0.15, -0.1) is 0 Å². The summed E-state index contributed by atoms with van der Waals surface area (Å²) in [6.07, 6.45) is 7.25. The molecule has 0 unspecified atom stereocenters. The molecule has 3 heteroatoms. The molecule has 1 aromatic rings. The first-order valence-corrected chi connectivity index (χ1v) is 6.42. The number of aromatic hydroxyl groups is 1. The highest BCUT2D eigenvalue weighted by Crippen LogP contribution is 2.23. The number of hydrogen-bond acceptors (Lipinski definition) is 2. The van der Waals surface area contributed by atoms with Crippen LogP contribution in [-0.2, 0) is 4.79 Å². The van der Waals surface area contributed by atoms with E-state index in [1.165, 1.54) is 18.4 Å². The number of rotatable bonds is 3. The summed E-state index contributed by atoms with van der Waals surface area (Å²) in [4.78, 5) is 11.9. The van der Waals surface area contributed by atoms with Crippen LogP contribution < -0.4 is 5.32 Å². The summed E-state index contributed by atoms with van der Waals surface area (Å²) >= 11 is 0. The van der Waals surface area contributed by atoms with Gasteiger partial charge in [-0.3, -0.25) is 4.79 Å². The summed E-state index contributed by atoms with van der Waals surface area (Å²) in [5.74, 6) is 0.248. The van der Waals surface area contributed by atoms with Gasteiger partial charge in [0.25, 0.3) is 0 Å². The lowest BCUT2D eigenvalue weighted by molar-refractivity contribution is -0.115. The summed E-state index contributed by atoms with van der Waals surface area (Å²) in [7, 11) is 0. The number of hydrogen-bond donors (Lipinski definition) is 2. The lowest BCUT2D eigenvalue weighted by Crippen LogP contribution is -2.13. The molecule has 96 valence electrons. The Bertz CT molecular complexity index is 477. The molecular formula is C15H19NO2. The Morgan fingerprint density at radius 1 is 1.39 bits per heavy atom. The Labute approximate surface area is 108 Å². The monoisotopic (exact) mass is 245 g/mol. The molecule has 1 amide bonds. The van der Waals surface area contributed by atoms with Crippen molar-refractivity contribution in [1.29, 1.82) is 0 Å². The van der Waals surface area contributed by atoms with Crippen LogP contribution in [0.25, 0.3) is 0 Å². The van der Waals surface area contributed by atoms with Gasteiger partial charge in [-0.2, -0.15) is 0 Å². The molecule has 0 saturated carbocycles. The average Bonchev–Trinajstić information content (AvgIpc) is 2.34. The second-order valence-electron chi connectivity index (χ2n) is 4.83. The maximum absolute atomic E-state index is 11.9. The summed E-state index contributed by atoms with van der Waals surface area (Å²) < 4.78 is 0. The van der Waals surface area contributed by atoms with Gasteiger partial charge in [0, 0.05) is 12.1 Å². The van der Waals surface area contributed by atoms with Crippen LogP contribution in [0.5, 0.6) is 5.75 Å². The predicted molar refractivity (Wildman–Crippen MR) is 72.6 cm³/mol. The highest BCUT2D eigenvalue weighted by atomic mass is 16.3. The maximum Gasteiger partial charge on any atom is 0.228 e. The van der Waals surface area contributed by atoms with Gasteiger partial charge in [0.15, 0.2) is 0 Å². The topological polar surface area (TPSA) is 49.3 Å². The molecule has 1 aromatic carbocycles. The molecular weight excluding hydrogens is 226 g/mol. The van der Waals surface area contributed by atoms with E-state index in [0.29, 0.717) is 6.42 Å². The zero-order valence-electron chi connectivity index (χ0n) is 10.7. The Balaban J connectivity index is 1.96. The van der Waals surface area contributed by atoms with Crippen LogP contribution in [0.2, 0.25) is 0 Å². The lowest BCUT2D eigenvalue weighted by Gasteiger charge is -2.13. The largest absolute Gasteiger partial charge is 0.508 e. The van der Waals surface area contributed by atoms with Crippen LogP contribution in [0.4, 0.5) is 5.69 Å². The minimum atomic E-state index is 0.0249. The standard InChI is InChI=1S/C15H19NO2/c1-11-9-13(17)7-8-14(11)16-15(18)10-12-5-3-2-4-6-12/h5,7-9,17H,2-4,6,10H2,1H3,(H,16,18). The SMILES string of the molecule is Cc1cc(O)ccc1NC(=O)CC1=CCCCC1. The van der Waals surface area contributed by atoms with Crippen molar-refractivity contribution in [1.82, 2.24) is 0 Å². The molecule has 1 aliphatic rings. The van der Waals surface area contributed by atoms with Gasteiger partial charge in [0.1, 0.15) is 5.75 Å². The highest BCUT2D eigenvalue weighted by Gasteiger charge is 2.10. The molecule has 0 aliphatic heterocycles. The fraction of sp³-hybridized carbons (Fsp3) is 0.400. The van der Waals surface area contributed by atoms with Crippen LogP contribution >= 0.6 is 0 Å². The van der Waals surface area contributed by atoms with Gasteiger partial charge in [-0.1, -0.05) is 11.6 Å². The predicted octanol–water partition coefficient (Wildman–Crippen LogP) is 3.53. The third-order valence-electron chi connectivity index (χ3n) is 3.26. The number of phenols is 1. The van der Waals surface area contributed by atoms with E-state index < -0.39 is 0 Å². The van der Waals surface area contributed by atoms with Gasteiger partial charge in [0.05, 0.1) is 0 Å². The van der Waals surface area contributed by atoms with E-state index in [-0.39, 0.29) is 11.7 Å². The number of carbonyl (C=O) groups excluding carboxylic acids is 1. The lowest BCUT2D eigenvalue weighted by atomic mass is 9.97. The number of benzene rings is 1. The van der Waals surface area contributed by atoms with Crippen molar-refractivity contribution in [2.45, 2.75) is 39.0 Å². The van der Waals surface area contributed by atoms with E-state index >= 15 is 0 Å². The van der Waals surface area contributed by atoms with Crippen molar-refractivity contribution in [3.05, 3.63) is 35.4 Å². The van der Waals surface area contributed by atoms with Crippen LogP contribution in [0.3, 0.4) is 0 Å². The quantitative estimate of drug-likeness (QED) is 0.632. The summed E-state index contributed by atoms with van der Waals surface area (Å²) in [5.41, 5.74) is 2.89. The third kappa shape index (κ3) is 3.36. The first-order chi connectivity index (χ1) is 8.65. The van der Waals surface area contributed by atoms with Gasteiger partial charge >= 0.3 is 0 Å². The van der Waals surface area contributed by atoms with Crippen molar-refractivity contribution < 1.29 is 9.90 Å². The second kappa shape index (κ2) is 5.71. The van der Waals surface area contributed by atoms with Gasteiger partial charge in [0.2, 0.25) is 5.91 Å².